The predicted molar refractivity (Wildman–Crippen MR) is 67.3 cm³/mol. The van der Waals surface area contributed by atoms with Crippen LogP contribution in [0.5, 0.6) is 5.75 Å². The molecule has 18 heavy (non-hydrogen) atoms. The van der Waals surface area contributed by atoms with Gasteiger partial charge in [0.25, 0.3) is 0 Å². The van der Waals surface area contributed by atoms with Crippen molar-refractivity contribution in [1.82, 2.24) is 14.8 Å². The lowest BCUT2D eigenvalue weighted by Gasteiger charge is -2.11. The molecule has 0 saturated heterocycles. The highest BCUT2D eigenvalue weighted by Gasteiger charge is 2.15. The van der Waals surface area contributed by atoms with Crippen molar-refractivity contribution in [3.8, 4) is 5.75 Å². The van der Waals surface area contributed by atoms with E-state index in [-0.39, 0.29) is 17.5 Å². The van der Waals surface area contributed by atoms with E-state index in [1.54, 1.807) is 24.3 Å². The number of hydrogen-bond donors (Lipinski definition) is 3. The van der Waals surface area contributed by atoms with Crippen LogP contribution < -0.4 is 11.4 Å². The van der Waals surface area contributed by atoms with E-state index in [0.717, 1.165) is 5.56 Å². The van der Waals surface area contributed by atoms with Gasteiger partial charge < -0.3 is 10.8 Å². The molecule has 4 N–H and O–H groups in total. The number of H-pyrrole nitrogens is 1. The minimum atomic E-state index is -0.353. The van der Waals surface area contributed by atoms with Gasteiger partial charge in [0, 0.05) is 6.54 Å². The zero-order chi connectivity index (χ0) is 13.1. The number of phenolic OH excluding ortho intramolecular Hbond substituents is 1. The van der Waals surface area contributed by atoms with E-state index < -0.39 is 0 Å². The maximum absolute atomic E-state index is 11.4. The molecule has 0 bridgehead atoms. The summed E-state index contributed by atoms with van der Waals surface area (Å²) in [4.78, 5) is 11.4. The van der Waals surface area contributed by atoms with Crippen LogP contribution in [-0.4, -0.2) is 19.9 Å². The monoisotopic (exact) mass is 248 g/mol. The van der Waals surface area contributed by atoms with E-state index >= 15 is 0 Å². The van der Waals surface area contributed by atoms with Gasteiger partial charge in [-0.05, 0) is 31.0 Å². The SMILES string of the molecule is CCn1c([C@@H](N)Cc2ccc(O)cc2)n[nH]c1=O. The van der Waals surface area contributed by atoms with Gasteiger partial charge in [-0.1, -0.05) is 12.1 Å². The van der Waals surface area contributed by atoms with Crippen LogP contribution in [0.3, 0.4) is 0 Å². The molecule has 2 aromatic rings. The largest absolute Gasteiger partial charge is 0.508 e. The molecule has 96 valence electrons. The quantitative estimate of drug-likeness (QED) is 0.735. The second kappa shape index (κ2) is 5.05. The van der Waals surface area contributed by atoms with E-state index in [2.05, 4.69) is 10.2 Å². The Morgan fingerprint density at radius 1 is 1.44 bits per heavy atom. The minimum absolute atomic E-state index is 0.220. The summed E-state index contributed by atoms with van der Waals surface area (Å²) >= 11 is 0. The zero-order valence-corrected chi connectivity index (χ0v) is 10.1. The maximum atomic E-state index is 11.4. The van der Waals surface area contributed by atoms with Gasteiger partial charge >= 0.3 is 5.69 Å². The molecule has 0 amide bonds. The molecule has 0 fully saturated rings. The van der Waals surface area contributed by atoms with Gasteiger partial charge in [0.1, 0.15) is 5.75 Å². The van der Waals surface area contributed by atoms with Crippen LogP contribution in [0.2, 0.25) is 0 Å². The number of rotatable bonds is 4. The van der Waals surface area contributed by atoms with Gasteiger partial charge in [0.2, 0.25) is 0 Å². The van der Waals surface area contributed by atoms with Crippen LogP contribution >= 0.6 is 0 Å². The summed E-state index contributed by atoms with van der Waals surface area (Å²) in [6.07, 6.45) is 0.560. The number of benzene rings is 1. The molecule has 0 aliphatic rings. The minimum Gasteiger partial charge on any atom is -0.508 e. The van der Waals surface area contributed by atoms with Gasteiger partial charge in [-0.25, -0.2) is 9.89 Å². The van der Waals surface area contributed by atoms with Crippen molar-refractivity contribution >= 4 is 0 Å². The van der Waals surface area contributed by atoms with Crippen molar-refractivity contribution in [2.45, 2.75) is 25.9 Å². The van der Waals surface area contributed by atoms with Gasteiger partial charge in [0.15, 0.2) is 5.82 Å². The summed E-state index contributed by atoms with van der Waals surface area (Å²) in [5, 5.41) is 15.6. The average molecular weight is 248 g/mol. The molecule has 6 nitrogen and oxygen atoms in total. The molecule has 1 heterocycles. The zero-order valence-electron chi connectivity index (χ0n) is 10.1. The number of nitrogens with zero attached hydrogens (tertiary/aromatic N) is 2. The molecule has 1 atom stereocenters. The molecular formula is C12H16N4O2. The average Bonchev–Trinajstić information content (AvgIpc) is 2.73. The molecule has 6 heteroatoms. The number of aromatic amines is 1. The molecule has 0 saturated carbocycles. The van der Waals surface area contributed by atoms with Crippen molar-refractivity contribution in [3.63, 3.8) is 0 Å². The van der Waals surface area contributed by atoms with E-state index in [4.69, 9.17) is 5.73 Å². The lowest BCUT2D eigenvalue weighted by atomic mass is 10.1. The van der Waals surface area contributed by atoms with E-state index in [1.165, 1.54) is 4.57 Å². The lowest BCUT2D eigenvalue weighted by molar-refractivity contribution is 0.475. The molecule has 0 radical (unpaired) electrons. The number of hydrogen-bond acceptors (Lipinski definition) is 4. The van der Waals surface area contributed by atoms with Crippen molar-refractivity contribution in [1.29, 1.82) is 0 Å². The fourth-order valence-corrected chi connectivity index (χ4v) is 1.90. The summed E-state index contributed by atoms with van der Waals surface area (Å²) in [7, 11) is 0. The summed E-state index contributed by atoms with van der Waals surface area (Å²) in [5.74, 6) is 0.771. The molecule has 0 unspecified atom stereocenters. The Bertz CT molecular complexity index is 571. The Labute approximate surface area is 104 Å². The Morgan fingerprint density at radius 3 is 2.72 bits per heavy atom. The van der Waals surface area contributed by atoms with Crippen LogP contribution in [0.4, 0.5) is 0 Å². The van der Waals surface area contributed by atoms with Crippen molar-refractivity contribution in [2.75, 3.05) is 0 Å². The first-order valence-corrected chi connectivity index (χ1v) is 5.80. The molecule has 0 aliphatic heterocycles. The third-order valence-corrected chi connectivity index (χ3v) is 2.83. The first-order chi connectivity index (χ1) is 8.61. The second-order valence-electron chi connectivity index (χ2n) is 4.11. The number of aromatic hydroxyl groups is 1. The molecule has 0 aliphatic carbocycles. The normalized spacial score (nSPS) is 12.6. The van der Waals surface area contributed by atoms with E-state index in [9.17, 15) is 9.90 Å². The standard InChI is InChI=1S/C12H16N4O2/c1-2-16-11(14-15-12(16)18)10(13)7-8-3-5-9(17)6-4-8/h3-6,10,17H,2,7,13H2,1H3,(H,15,18)/t10-/m0/s1. The topological polar surface area (TPSA) is 96.9 Å². The van der Waals surface area contributed by atoms with Gasteiger partial charge in [-0.2, -0.15) is 5.10 Å². The molecule has 0 spiro atoms. The highest BCUT2D eigenvalue weighted by atomic mass is 16.3. The summed E-state index contributed by atoms with van der Waals surface area (Å²) in [5.41, 5.74) is 6.79. The summed E-state index contributed by atoms with van der Waals surface area (Å²) < 4.78 is 1.52. The van der Waals surface area contributed by atoms with Crippen LogP contribution in [0, 0.1) is 0 Å². The number of nitrogens with two attached hydrogens (primary N) is 1. The number of aromatic nitrogens is 3. The first kappa shape index (κ1) is 12.4. The van der Waals surface area contributed by atoms with E-state index in [0.29, 0.717) is 18.8 Å². The van der Waals surface area contributed by atoms with E-state index in [1.807, 2.05) is 6.92 Å². The van der Waals surface area contributed by atoms with Gasteiger partial charge in [0.05, 0.1) is 6.04 Å². The highest BCUT2D eigenvalue weighted by molar-refractivity contribution is 5.26. The maximum Gasteiger partial charge on any atom is 0.343 e. The van der Waals surface area contributed by atoms with Crippen molar-refractivity contribution in [2.24, 2.45) is 5.73 Å². The first-order valence-electron chi connectivity index (χ1n) is 5.80. The third kappa shape index (κ3) is 2.43. The van der Waals surface area contributed by atoms with Crippen LogP contribution in [0.15, 0.2) is 29.1 Å². The fraction of sp³-hybridized carbons (Fsp3) is 0.333. The fourth-order valence-electron chi connectivity index (χ4n) is 1.90. The van der Waals surface area contributed by atoms with Crippen LogP contribution in [-0.2, 0) is 13.0 Å². The molecule has 1 aromatic carbocycles. The van der Waals surface area contributed by atoms with Crippen molar-refractivity contribution in [3.05, 3.63) is 46.1 Å². The van der Waals surface area contributed by atoms with Gasteiger partial charge in [-0.15, -0.1) is 0 Å². The van der Waals surface area contributed by atoms with Crippen LogP contribution in [0.1, 0.15) is 24.4 Å². The second-order valence-corrected chi connectivity index (χ2v) is 4.11. The van der Waals surface area contributed by atoms with Crippen LogP contribution in [0.25, 0.3) is 0 Å². The lowest BCUT2D eigenvalue weighted by Crippen LogP contribution is -2.23. The third-order valence-electron chi connectivity index (χ3n) is 2.83. The molecule has 1 aromatic heterocycles. The molecular weight excluding hydrogens is 232 g/mol. The smallest absolute Gasteiger partial charge is 0.343 e. The number of nitrogens with one attached hydrogen (secondary N) is 1. The van der Waals surface area contributed by atoms with Crippen molar-refractivity contribution < 1.29 is 5.11 Å². The molecule has 2 rings (SSSR count). The summed E-state index contributed by atoms with van der Waals surface area (Å²) in [6.45, 7) is 2.40. The summed E-state index contributed by atoms with van der Waals surface area (Å²) in [6, 6.07) is 6.47. The Hall–Kier alpha value is -2.08. The number of phenols is 1. The Kier molecular flexibility index (Phi) is 3.47. The van der Waals surface area contributed by atoms with Gasteiger partial charge in [-0.3, -0.25) is 4.57 Å². The highest BCUT2D eigenvalue weighted by Crippen LogP contribution is 2.15. The predicted octanol–water partition coefficient (Wildman–Crippen LogP) is 0.539. The Balaban J connectivity index is 2.19. The Morgan fingerprint density at radius 2 is 2.11 bits per heavy atom.